The minimum absolute atomic E-state index is 0.0590. The number of non-ortho nitro benzene ring substituents is 1. The van der Waals surface area contributed by atoms with Gasteiger partial charge in [-0.3, -0.25) is 10.1 Å². The van der Waals surface area contributed by atoms with Gasteiger partial charge >= 0.3 is 6.16 Å². The number of hydrogen-bond donors (Lipinski definition) is 0. The van der Waals surface area contributed by atoms with E-state index in [1.54, 1.807) is 0 Å². The van der Waals surface area contributed by atoms with Crippen molar-refractivity contribution in [2.24, 2.45) is 0 Å². The Hall–Kier alpha value is -1.93. The highest BCUT2D eigenvalue weighted by Crippen LogP contribution is 2.36. The minimum Gasteiger partial charge on any atom is -0.431 e. The highest BCUT2D eigenvalue weighted by atomic mass is 28.4. The lowest BCUT2D eigenvalue weighted by atomic mass is 10.1. The number of carbonyl (C=O) groups excluding carboxylic acids is 1. The Labute approximate surface area is 187 Å². The number of nitro benzene ring substituents is 1. The van der Waals surface area contributed by atoms with Crippen molar-refractivity contribution in [2.75, 3.05) is 6.61 Å². The summed E-state index contributed by atoms with van der Waals surface area (Å²) in [6.45, 7) is 13.9. The quantitative estimate of drug-likeness (QED) is 0.0780. The maximum absolute atomic E-state index is 12.3. The van der Waals surface area contributed by atoms with Crippen LogP contribution in [0.2, 0.25) is 18.1 Å². The maximum atomic E-state index is 12.3. The van der Waals surface area contributed by atoms with Crippen molar-refractivity contribution in [1.82, 2.24) is 0 Å². The summed E-state index contributed by atoms with van der Waals surface area (Å²) in [4.78, 5) is 22.5. The number of nitrogens with zero attached hydrogens (tertiary/aromatic N) is 1. The summed E-state index contributed by atoms with van der Waals surface area (Å²) in [6, 6.07) is 5.37. The van der Waals surface area contributed by atoms with E-state index >= 15 is 0 Å². The fourth-order valence-electron chi connectivity index (χ4n) is 2.81. The van der Waals surface area contributed by atoms with E-state index in [1.165, 1.54) is 24.3 Å². The van der Waals surface area contributed by atoms with Crippen molar-refractivity contribution < 1.29 is 23.6 Å². The van der Waals surface area contributed by atoms with Crippen molar-refractivity contribution in [3.05, 3.63) is 34.4 Å². The molecule has 176 valence electrons. The first-order valence-electron chi connectivity index (χ1n) is 11.2. The van der Waals surface area contributed by atoms with E-state index in [1.807, 2.05) is 0 Å². The van der Waals surface area contributed by atoms with Gasteiger partial charge in [0.25, 0.3) is 5.69 Å². The topological polar surface area (TPSA) is 87.9 Å². The zero-order valence-corrected chi connectivity index (χ0v) is 20.9. The molecule has 0 heterocycles. The molecule has 0 saturated heterocycles. The molecule has 0 bridgehead atoms. The van der Waals surface area contributed by atoms with E-state index < -0.39 is 19.4 Å². The van der Waals surface area contributed by atoms with E-state index in [2.05, 4.69) is 40.8 Å². The van der Waals surface area contributed by atoms with E-state index in [4.69, 9.17) is 13.9 Å². The van der Waals surface area contributed by atoms with Crippen LogP contribution in [0.4, 0.5) is 10.5 Å². The van der Waals surface area contributed by atoms with Crippen LogP contribution in [0.5, 0.6) is 5.75 Å². The fraction of sp³-hybridized carbons (Fsp3) is 0.696. The number of unbranched alkanes of at least 4 members (excludes halogenated alkanes) is 3. The van der Waals surface area contributed by atoms with Crippen LogP contribution in [0.25, 0.3) is 0 Å². The van der Waals surface area contributed by atoms with Crippen LogP contribution >= 0.6 is 0 Å². The molecule has 0 amide bonds. The Morgan fingerprint density at radius 2 is 1.68 bits per heavy atom. The average Bonchev–Trinajstić information content (AvgIpc) is 2.67. The molecule has 0 N–H and O–H groups in total. The molecule has 0 radical (unpaired) electrons. The standard InChI is InChI=1S/C23H39NO6Si/c1-7-8-9-10-12-20(13-11-18-28-31(5,6)23(2,3)4)29-22(25)30-21-16-14-19(15-17-21)24(26)27/h14-17,20H,7-13,18H2,1-6H3. The van der Waals surface area contributed by atoms with E-state index in [0.717, 1.165) is 44.9 Å². The second-order valence-electron chi connectivity index (χ2n) is 9.44. The molecular formula is C23H39NO6Si. The third-order valence-corrected chi connectivity index (χ3v) is 10.4. The van der Waals surface area contributed by atoms with Crippen LogP contribution in [0.15, 0.2) is 24.3 Å². The zero-order valence-electron chi connectivity index (χ0n) is 19.9. The largest absolute Gasteiger partial charge is 0.514 e. The number of benzene rings is 1. The van der Waals surface area contributed by atoms with Crippen LogP contribution in [0.3, 0.4) is 0 Å². The highest BCUT2D eigenvalue weighted by Gasteiger charge is 2.36. The number of ether oxygens (including phenoxy) is 2. The van der Waals surface area contributed by atoms with Gasteiger partial charge in [-0.1, -0.05) is 47.0 Å². The predicted molar refractivity (Wildman–Crippen MR) is 125 cm³/mol. The van der Waals surface area contributed by atoms with Crippen LogP contribution in [-0.4, -0.2) is 32.1 Å². The van der Waals surface area contributed by atoms with Crippen LogP contribution in [-0.2, 0) is 9.16 Å². The van der Waals surface area contributed by atoms with Crippen molar-refractivity contribution in [3.8, 4) is 5.75 Å². The number of nitro groups is 1. The van der Waals surface area contributed by atoms with Gasteiger partial charge in [0.15, 0.2) is 8.32 Å². The van der Waals surface area contributed by atoms with E-state index in [9.17, 15) is 14.9 Å². The highest BCUT2D eigenvalue weighted by molar-refractivity contribution is 6.74. The number of carbonyl (C=O) groups is 1. The van der Waals surface area contributed by atoms with Gasteiger partial charge in [-0.2, -0.15) is 0 Å². The number of rotatable bonds is 13. The maximum Gasteiger partial charge on any atom is 0.514 e. The molecule has 0 fully saturated rings. The lowest BCUT2D eigenvalue weighted by Crippen LogP contribution is -2.41. The van der Waals surface area contributed by atoms with E-state index in [0.29, 0.717) is 6.61 Å². The molecular weight excluding hydrogens is 414 g/mol. The van der Waals surface area contributed by atoms with Gasteiger partial charge in [0, 0.05) is 18.7 Å². The molecule has 0 aromatic heterocycles. The second-order valence-corrected chi connectivity index (χ2v) is 14.3. The Balaban J connectivity index is 2.57. The Kier molecular flexibility index (Phi) is 11.2. The molecule has 1 atom stereocenters. The Morgan fingerprint density at radius 3 is 2.23 bits per heavy atom. The van der Waals surface area contributed by atoms with Crippen LogP contribution < -0.4 is 4.74 Å². The monoisotopic (exact) mass is 453 g/mol. The van der Waals surface area contributed by atoms with Gasteiger partial charge in [-0.05, 0) is 55.9 Å². The summed E-state index contributed by atoms with van der Waals surface area (Å²) >= 11 is 0. The van der Waals surface area contributed by atoms with Crippen LogP contribution in [0, 0.1) is 10.1 Å². The van der Waals surface area contributed by atoms with E-state index in [-0.39, 0.29) is 22.6 Å². The molecule has 0 saturated carbocycles. The van der Waals surface area contributed by atoms with Crippen LogP contribution in [0.1, 0.15) is 72.6 Å². The molecule has 1 aromatic carbocycles. The SMILES string of the molecule is CCCCCCC(CCCO[Si](C)(C)C(C)(C)C)OC(=O)Oc1ccc([N+](=O)[O-])cc1. The summed E-state index contributed by atoms with van der Waals surface area (Å²) in [7, 11) is -1.79. The predicted octanol–water partition coefficient (Wildman–Crippen LogP) is 7.25. The molecule has 0 aliphatic heterocycles. The first-order chi connectivity index (χ1) is 14.5. The zero-order chi connectivity index (χ0) is 23.5. The molecule has 1 aromatic rings. The summed E-state index contributed by atoms with van der Waals surface area (Å²) < 4.78 is 17.0. The smallest absolute Gasteiger partial charge is 0.431 e. The molecule has 8 heteroatoms. The van der Waals surface area contributed by atoms with Crippen molar-refractivity contribution >= 4 is 20.2 Å². The number of hydrogen-bond acceptors (Lipinski definition) is 6. The molecule has 0 aliphatic rings. The molecule has 1 rings (SSSR count). The third-order valence-electron chi connectivity index (χ3n) is 5.83. The van der Waals surface area contributed by atoms with Gasteiger partial charge in [0.05, 0.1) is 4.92 Å². The molecule has 0 spiro atoms. The summed E-state index contributed by atoms with van der Waals surface area (Å²) in [6.07, 6.45) is 5.72. The van der Waals surface area contributed by atoms with Gasteiger partial charge in [-0.25, -0.2) is 4.79 Å². The van der Waals surface area contributed by atoms with Gasteiger partial charge < -0.3 is 13.9 Å². The first kappa shape index (κ1) is 27.1. The van der Waals surface area contributed by atoms with Crippen molar-refractivity contribution in [1.29, 1.82) is 0 Å². The summed E-state index contributed by atoms with van der Waals surface area (Å²) in [5.41, 5.74) is -0.0590. The lowest BCUT2D eigenvalue weighted by molar-refractivity contribution is -0.384. The minimum atomic E-state index is -1.79. The van der Waals surface area contributed by atoms with Gasteiger partial charge in [-0.15, -0.1) is 0 Å². The molecule has 0 aliphatic carbocycles. The molecule has 7 nitrogen and oxygen atoms in total. The summed E-state index contributed by atoms with van der Waals surface area (Å²) in [5.74, 6) is 0.224. The summed E-state index contributed by atoms with van der Waals surface area (Å²) in [5, 5.41) is 10.9. The Morgan fingerprint density at radius 1 is 1.06 bits per heavy atom. The van der Waals surface area contributed by atoms with Gasteiger partial charge in [0.1, 0.15) is 11.9 Å². The first-order valence-corrected chi connectivity index (χ1v) is 14.1. The van der Waals surface area contributed by atoms with Gasteiger partial charge in [0.2, 0.25) is 0 Å². The molecule has 31 heavy (non-hydrogen) atoms. The normalized spacial score (nSPS) is 13.0. The Bertz CT molecular complexity index is 684. The fourth-order valence-corrected chi connectivity index (χ4v) is 3.90. The molecule has 1 unspecified atom stereocenters. The van der Waals surface area contributed by atoms with Crippen molar-refractivity contribution in [2.45, 2.75) is 96.9 Å². The average molecular weight is 454 g/mol. The van der Waals surface area contributed by atoms with Crippen molar-refractivity contribution in [3.63, 3.8) is 0 Å². The lowest BCUT2D eigenvalue weighted by Gasteiger charge is -2.36. The third kappa shape index (κ3) is 10.3. The second kappa shape index (κ2) is 12.8.